The summed E-state index contributed by atoms with van der Waals surface area (Å²) in [6.07, 6.45) is 1.43. The molecule has 7 heteroatoms. The minimum absolute atomic E-state index is 0.321. The number of rotatable bonds is 6. The van der Waals surface area contributed by atoms with Crippen molar-refractivity contribution in [3.63, 3.8) is 0 Å². The number of thioether (sulfide) groups is 1. The molecule has 20 heavy (non-hydrogen) atoms. The number of hydrogen-bond donors (Lipinski definition) is 0. The minimum atomic E-state index is 0.321. The summed E-state index contributed by atoms with van der Waals surface area (Å²) in [5, 5.41) is 17.4. The van der Waals surface area contributed by atoms with Crippen molar-refractivity contribution >= 4 is 11.8 Å². The highest BCUT2D eigenvalue weighted by Crippen LogP contribution is 2.19. The summed E-state index contributed by atoms with van der Waals surface area (Å²) in [5.41, 5.74) is 0.980. The van der Waals surface area contributed by atoms with Crippen molar-refractivity contribution in [3.8, 4) is 6.07 Å². The van der Waals surface area contributed by atoms with E-state index in [0.29, 0.717) is 40.4 Å². The summed E-state index contributed by atoms with van der Waals surface area (Å²) < 4.78 is 10.2. The van der Waals surface area contributed by atoms with Gasteiger partial charge in [0, 0.05) is 5.25 Å². The molecule has 1 atom stereocenters. The Morgan fingerprint density at radius 1 is 1.35 bits per heavy atom. The molecule has 0 saturated heterocycles. The number of nitriles is 1. The maximum Gasteiger partial charge on any atom is 0.232 e. The lowest BCUT2D eigenvalue weighted by molar-refractivity contribution is 0.369. The van der Waals surface area contributed by atoms with E-state index in [-0.39, 0.29) is 0 Å². The fourth-order valence-electron chi connectivity index (χ4n) is 1.58. The zero-order chi connectivity index (χ0) is 14.5. The third kappa shape index (κ3) is 3.39. The molecule has 0 N–H and O–H groups in total. The molecule has 0 aliphatic heterocycles. The molecule has 0 aliphatic rings. The Morgan fingerprint density at radius 3 is 2.85 bits per heavy atom. The topological polar surface area (TPSA) is 88.7 Å². The van der Waals surface area contributed by atoms with Crippen LogP contribution >= 0.6 is 11.8 Å². The molecule has 2 rings (SSSR count). The number of aromatic nitrogens is 3. The highest BCUT2D eigenvalue weighted by atomic mass is 32.2. The summed E-state index contributed by atoms with van der Waals surface area (Å²) in [4.78, 5) is 4.31. The van der Waals surface area contributed by atoms with Gasteiger partial charge in [-0.2, -0.15) is 22.0 Å². The van der Waals surface area contributed by atoms with Gasteiger partial charge in [-0.25, -0.2) is 0 Å². The second-order valence-electron chi connectivity index (χ2n) is 4.48. The second kappa shape index (κ2) is 6.57. The summed E-state index contributed by atoms with van der Waals surface area (Å²) in [6.45, 7) is 6.02. The molecule has 106 valence electrons. The van der Waals surface area contributed by atoms with E-state index in [9.17, 15) is 0 Å². The summed E-state index contributed by atoms with van der Waals surface area (Å²) >= 11 is 1.79. The fourth-order valence-corrected chi connectivity index (χ4v) is 2.37. The maximum absolute atomic E-state index is 9.02. The Balaban J connectivity index is 2.01. The predicted octanol–water partition coefficient (Wildman–Crippen LogP) is 2.86. The van der Waals surface area contributed by atoms with Crippen molar-refractivity contribution in [2.45, 2.75) is 44.6 Å². The van der Waals surface area contributed by atoms with Crippen molar-refractivity contribution in [2.75, 3.05) is 0 Å². The van der Waals surface area contributed by atoms with Gasteiger partial charge in [-0.3, -0.25) is 0 Å². The second-order valence-corrected chi connectivity index (χ2v) is 5.91. The van der Waals surface area contributed by atoms with E-state index < -0.39 is 0 Å². The van der Waals surface area contributed by atoms with Crippen molar-refractivity contribution in [1.82, 2.24) is 15.3 Å². The molecule has 1 unspecified atom stereocenters. The zero-order valence-electron chi connectivity index (χ0n) is 11.7. The van der Waals surface area contributed by atoms with E-state index >= 15 is 0 Å². The molecular formula is C13H16N4O2S. The molecule has 0 bridgehead atoms. The van der Waals surface area contributed by atoms with E-state index in [1.165, 1.54) is 0 Å². The summed E-state index contributed by atoms with van der Waals surface area (Å²) in [7, 11) is 0. The minimum Gasteiger partial charge on any atom is -0.360 e. The van der Waals surface area contributed by atoms with Gasteiger partial charge in [0.15, 0.2) is 11.6 Å². The Kier molecular flexibility index (Phi) is 4.79. The molecule has 6 nitrogen and oxygen atoms in total. The van der Waals surface area contributed by atoms with Gasteiger partial charge < -0.3 is 9.05 Å². The van der Waals surface area contributed by atoms with Gasteiger partial charge in [0.2, 0.25) is 5.89 Å². The molecule has 0 aromatic carbocycles. The number of hydrogen-bond acceptors (Lipinski definition) is 7. The van der Waals surface area contributed by atoms with Crippen molar-refractivity contribution < 1.29 is 9.05 Å². The van der Waals surface area contributed by atoms with Gasteiger partial charge in [0.25, 0.3) is 0 Å². The van der Waals surface area contributed by atoms with Crippen molar-refractivity contribution in [2.24, 2.45) is 0 Å². The lowest BCUT2D eigenvalue weighted by Crippen LogP contribution is -1.96. The molecule has 0 radical (unpaired) electrons. The monoisotopic (exact) mass is 292 g/mol. The first-order chi connectivity index (χ1) is 9.63. The van der Waals surface area contributed by atoms with Gasteiger partial charge in [0.1, 0.15) is 17.3 Å². The summed E-state index contributed by atoms with van der Waals surface area (Å²) in [5.74, 6) is 2.36. The van der Waals surface area contributed by atoms with E-state index in [1.807, 2.05) is 0 Å². The van der Waals surface area contributed by atoms with Crippen LogP contribution in [0, 0.1) is 18.3 Å². The van der Waals surface area contributed by atoms with Gasteiger partial charge >= 0.3 is 0 Å². The van der Waals surface area contributed by atoms with E-state index in [4.69, 9.17) is 14.3 Å². The van der Waals surface area contributed by atoms with Crippen LogP contribution in [0.3, 0.4) is 0 Å². The van der Waals surface area contributed by atoms with Crippen LogP contribution < -0.4 is 0 Å². The Labute approximate surface area is 121 Å². The smallest absolute Gasteiger partial charge is 0.232 e. The molecule has 0 saturated carbocycles. The molecular weight excluding hydrogens is 276 g/mol. The Hall–Kier alpha value is -1.81. The van der Waals surface area contributed by atoms with Gasteiger partial charge in [0.05, 0.1) is 12.2 Å². The molecule has 0 amide bonds. The third-order valence-electron chi connectivity index (χ3n) is 2.95. The lowest BCUT2D eigenvalue weighted by atomic mass is 10.2. The number of nitrogens with zero attached hydrogens (tertiary/aromatic N) is 4. The van der Waals surface area contributed by atoms with E-state index in [1.54, 1.807) is 18.7 Å². The molecule has 2 aromatic rings. The number of aryl methyl sites for hydroxylation is 1. The average Bonchev–Trinajstić information content (AvgIpc) is 3.03. The van der Waals surface area contributed by atoms with Crippen LogP contribution in [-0.4, -0.2) is 20.5 Å². The third-order valence-corrected chi connectivity index (χ3v) is 4.27. The largest absolute Gasteiger partial charge is 0.360 e. The highest BCUT2D eigenvalue weighted by molar-refractivity contribution is 7.99. The van der Waals surface area contributed by atoms with Crippen molar-refractivity contribution in [1.29, 1.82) is 5.26 Å². The van der Waals surface area contributed by atoms with E-state index in [2.05, 4.69) is 35.2 Å². The fraction of sp³-hybridized carbons (Fsp3) is 0.538. The summed E-state index contributed by atoms with van der Waals surface area (Å²) in [6, 6.07) is 2.07. The highest BCUT2D eigenvalue weighted by Gasteiger charge is 2.16. The Bertz CT molecular complexity index is 614. The van der Waals surface area contributed by atoms with Gasteiger partial charge in [-0.15, -0.1) is 0 Å². The average molecular weight is 292 g/mol. The SMILES string of the molecule is CCC(C)SCc1noc(Cc2noc(C)c2C#N)n1. The van der Waals surface area contributed by atoms with Crippen LogP contribution in [0.4, 0.5) is 0 Å². The first-order valence-corrected chi connectivity index (χ1v) is 7.47. The van der Waals surface area contributed by atoms with Gasteiger partial charge in [-0.05, 0) is 13.3 Å². The van der Waals surface area contributed by atoms with Crippen LogP contribution in [0.5, 0.6) is 0 Å². The van der Waals surface area contributed by atoms with Crippen LogP contribution in [0.2, 0.25) is 0 Å². The molecule has 2 heterocycles. The van der Waals surface area contributed by atoms with Crippen LogP contribution in [0.15, 0.2) is 9.05 Å². The zero-order valence-corrected chi connectivity index (χ0v) is 12.5. The molecule has 2 aromatic heterocycles. The van der Waals surface area contributed by atoms with Gasteiger partial charge in [-0.1, -0.05) is 24.2 Å². The molecule has 0 fully saturated rings. The molecule has 0 spiro atoms. The first-order valence-electron chi connectivity index (χ1n) is 6.42. The maximum atomic E-state index is 9.02. The Morgan fingerprint density at radius 2 is 2.15 bits per heavy atom. The first kappa shape index (κ1) is 14.6. The standard InChI is InChI=1S/C13H16N4O2S/c1-4-8(2)20-7-12-15-13(19-17-12)5-11-10(6-14)9(3)18-16-11/h8H,4-5,7H2,1-3H3. The quantitative estimate of drug-likeness (QED) is 0.808. The van der Waals surface area contributed by atoms with Crippen LogP contribution in [0.25, 0.3) is 0 Å². The predicted molar refractivity (Wildman–Crippen MR) is 74.1 cm³/mol. The lowest BCUT2D eigenvalue weighted by Gasteiger charge is -2.04. The van der Waals surface area contributed by atoms with Crippen LogP contribution in [-0.2, 0) is 12.2 Å². The molecule has 0 aliphatic carbocycles. The van der Waals surface area contributed by atoms with Crippen LogP contribution in [0.1, 0.15) is 49.0 Å². The van der Waals surface area contributed by atoms with E-state index in [0.717, 1.165) is 12.2 Å². The normalized spacial score (nSPS) is 12.3. The van der Waals surface area contributed by atoms with Crippen molar-refractivity contribution in [3.05, 3.63) is 28.7 Å².